The molecule has 1 aromatic heterocycles. The second-order valence-corrected chi connectivity index (χ2v) is 7.80. The normalized spacial score (nSPS) is 31.1. The second kappa shape index (κ2) is 6.87. The second-order valence-electron chi connectivity index (χ2n) is 7.80. The van der Waals surface area contributed by atoms with Crippen molar-refractivity contribution < 1.29 is 14.7 Å². The highest BCUT2D eigenvalue weighted by Gasteiger charge is 2.43. The van der Waals surface area contributed by atoms with E-state index in [9.17, 15) is 19.5 Å². The van der Waals surface area contributed by atoms with Gasteiger partial charge >= 0.3 is 0 Å². The smallest absolute Gasteiger partial charge is 0.254 e. The Morgan fingerprint density at radius 2 is 2.00 bits per heavy atom. The fraction of sp³-hybridized carbons (Fsp3) is 0.632. The molecule has 2 saturated heterocycles. The van der Waals surface area contributed by atoms with Gasteiger partial charge in [0, 0.05) is 49.4 Å². The number of aliphatic hydroxyl groups is 1. The van der Waals surface area contributed by atoms with Crippen molar-refractivity contribution in [1.82, 2.24) is 14.8 Å². The van der Waals surface area contributed by atoms with E-state index < -0.39 is 0 Å². The number of pyridine rings is 1. The lowest BCUT2D eigenvalue weighted by Gasteiger charge is -2.37. The molecule has 1 aliphatic carbocycles. The topological polar surface area (TPSA) is 93.7 Å². The first kappa shape index (κ1) is 17.3. The van der Waals surface area contributed by atoms with E-state index in [1.807, 2.05) is 4.90 Å². The monoisotopic (exact) mass is 359 g/mol. The van der Waals surface area contributed by atoms with Crippen LogP contribution in [-0.4, -0.2) is 63.5 Å². The van der Waals surface area contributed by atoms with Crippen molar-refractivity contribution in [3.63, 3.8) is 0 Å². The maximum atomic E-state index is 12.7. The highest BCUT2D eigenvalue weighted by Crippen LogP contribution is 2.36. The lowest BCUT2D eigenvalue weighted by Crippen LogP contribution is -2.48. The first-order chi connectivity index (χ1) is 12.5. The van der Waals surface area contributed by atoms with E-state index in [4.69, 9.17) is 0 Å². The number of H-pyrrole nitrogens is 1. The predicted molar refractivity (Wildman–Crippen MR) is 94.5 cm³/mol. The Balaban J connectivity index is 1.40. The molecule has 2 unspecified atom stereocenters. The molecular weight excluding hydrogens is 334 g/mol. The van der Waals surface area contributed by atoms with Crippen LogP contribution in [0.15, 0.2) is 23.1 Å². The summed E-state index contributed by atoms with van der Waals surface area (Å²) in [7, 11) is 0. The third kappa shape index (κ3) is 3.16. The molecule has 1 aromatic rings. The summed E-state index contributed by atoms with van der Waals surface area (Å²) in [6.07, 6.45) is 5.21. The van der Waals surface area contributed by atoms with E-state index >= 15 is 0 Å². The highest BCUT2D eigenvalue weighted by molar-refractivity contribution is 5.94. The molecule has 3 aliphatic rings. The van der Waals surface area contributed by atoms with Gasteiger partial charge in [0.15, 0.2) is 0 Å². The first-order valence-electron chi connectivity index (χ1n) is 9.49. The van der Waals surface area contributed by atoms with Gasteiger partial charge in [0.05, 0.1) is 6.10 Å². The third-order valence-corrected chi connectivity index (χ3v) is 6.12. The Labute approximate surface area is 152 Å². The summed E-state index contributed by atoms with van der Waals surface area (Å²) < 4.78 is 0. The number of carbonyl (C=O) groups is 2. The number of rotatable bonds is 3. The molecule has 3 fully saturated rings. The summed E-state index contributed by atoms with van der Waals surface area (Å²) in [5.74, 6) is 0.326. The minimum atomic E-state index is -0.321. The number of aromatic amines is 1. The van der Waals surface area contributed by atoms with E-state index in [1.54, 1.807) is 11.0 Å². The number of aromatic nitrogens is 1. The fourth-order valence-electron chi connectivity index (χ4n) is 4.63. The van der Waals surface area contributed by atoms with Crippen LogP contribution in [0.5, 0.6) is 0 Å². The summed E-state index contributed by atoms with van der Waals surface area (Å²) in [6.45, 7) is 2.08. The van der Waals surface area contributed by atoms with Gasteiger partial charge in [-0.25, -0.2) is 0 Å². The van der Waals surface area contributed by atoms with Crippen molar-refractivity contribution in [1.29, 1.82) is 0 Å². The fourth-order valence-corrected chi connectivity index (χ4v) is 4.63. The van der Waals surface area contributed by atoms with Crippen molar-refractivity contribution >= 4 is 11.8 Å². The molecule has 2 amide bonds. The molecule has 0 bridgehead atoms. The number of aliphatic hydroxyl groups excluding tert-OH is 1. The molecule has 2 aliphatic heterocycles. The van der Waals surface area contributed by atoms with E-state index in [0.29, 0.717) is 31.5 Å². The minimum Gasteiger partial charge on any atom is -0.393 e. The largest absolute Gasteiger partial charge is 0.393 e. The number of hydrogen-bond acceptors (Lipinski definition) is 4. The van der Waals surface area contributed by atoms with Gasteiger partial charge in [-0.1, -0.05) is 0 Å². The van der Waals surface area contributed by atoms with Crippen molar-refractivity contribution in [2.45, 2.75) is 44.2 Å². The summed E-state index contributed by atoms with van der Waals surface area (Å²) in [5, 5.41) is 9.47. The summed E-state index contributed by atoms with van der Waals surface area (Å²) in [6, 6.07) is 3.16. The zero-order chi connectivity index (χ0) is 18.3. The Hall–Kier alpha value is -2.15. The molecule has 7 nitrogen and oxygen atoms in total. The van der Waals surface area contributed by atoms with E-state index in [2.05, 4.69) is 4.98 Å². The molecule has 0 aromatic carbocycles. The molecular formula is C19H25N3O4. The van der Waals surface area contributed by atoms with Crippen molar-refractivity contribution in [3.8, 4) is 0 Å². The average molecular weight is 359 g/mol. The molecule has 140 valence electrons. The van der Waals surface area contributed by atoms with Gasteiger partial charge in [0.1, 0.15) is 0 Å². The Morgan fingerprint density at radius 3 is 2.73 bits per heavy atom. The molecule has 0 radical (unpaired) electrons. The standard InChI is InChI=1S/C19H25N3O4/c23-15-8-14(9-15)19(26)22-6-1-2-16(22)13-4-7-21(11-13)18(25)12-3-5-20-17(24)10-12/h3,5,10,13-16,23H,1-2,4,6-9,11H2,(H,20,24). The highest BCUT2D eigenvalue weighted by atomic mass is 16.3. The van der Waals surface area contributed by atoms with Gasteiger partial charge in [-0.3, -0.25) is 14.4 Å². The number of amides is 2. The van der Waals surface area contributed by atoms with Crippen molar-refractivity contribution in [2.75, 3.05) is 19.6 Å². The molecule has 0 spiro atoms. The molecule has 26 heavy (non-hydrogen) atoms. The molecule has 4 rings (SSSR count). The SMILES string of the molecule is O=C(c1cc[nH]c(=O)c1)N1CCC(C2CCCN2C(=O)C2CC(O)C2)C1. The number of hydrogen-bond donors (Lipinski definition) is 2. The Bertz CT molecular complexity index is 755. The van der Waals surface area contributed by atoms with Crippen LogP contribution < -0.4 is 5.56 Å². The van der Waals surface area contributed by atoms with E-state index in [-0.39, 0.29) is 41.4 Å². The van der Waals surface area contributed by atoms with Crippen molar-refractivity contribution in [3.05, 3.63) is 34.2 Å². The Morgan fingerprint density at radius 1 is 1.19 bits per heavy atom. The van der Waals surface area contributed by atoms with Gasteiger partial charge < -0.3 is 19.9 Å². The van der Waals surface area contributed by atoms with Crippen LogP contribution in [0.2, 0.25) is 0 Å². The van der Waals surface area contributed by atoms with Gasteiger partial charge in [0.2, 0.25) is 11.5 Å². The minimum absolute atomic E-state index is 0.0271. The molecule has 1 saturated carbocycles. The van der Waals surface area contributed by atoms with Crippen LogP contribution in [0.4, 0.5) is 0 Å². The average Bonchev–Trinajstić information content (AvgIpc) is 3.26. The van der Waals surface area contributed by atoms with Gasteiger partial charge in [-0.05, 0) is 44.1 Å². The predicted octanol–water partition coefficient (Wildman–Crippen LogP) is 0.599. The van der Waals surface area contributed by atoms with Crippen LogP contribution in [-0.2, 0) is 4.79 Å². The summed E-state index contributed by atoms with van der Waals surface area (Å²) in [4.78, 5) is 43.1. The number of carbonyl (C=O) groups excluding carboxylic acids is 2. The third-order valence-electron chi connectivity index (χ3n) is 6.12. The quantitative estimate of drug-likeness (QED) is 0.826. The van der Waals surface area contributed by atoms with Gasteiger partial charge in [-0.2, -0.15) is 0 Å². The lowest BCUT2D eigenvalue weighted by molar-refractivity contribution is -0.144. The van der Waals surface area contributed by atoms with Gasteiger partial charge in [-0.15, -0.1) is 0 Å². The first-order valence-corrected chi connectivity index (χ1v) is 9.49. The number of likely N-dealkylation sites (tertiary alicyclic amines) is 2. The molecule has 7 heteroatoms. The van der Waals surface area contributed by atoms with Crippen LogP contribution >= 0.6 is 0 Å². The summed E-state index contributed by atoms with van der Waals surface area (Å²) in [5.41, 5.74) is 0.138. The maximum absolute atomic E-state index is 12.7. The van der Waals surface area contributed by atoms with Crippen molar-refractivity contribution in [2.24, 2.45) is 11.8 Å². The zero-order valence-electron chi connectivity index (χ0n) is 14.8. The van der Waals surface area contributed by atoms with Crippen LogP contribution in [0.1, 0.15) is 42.5 Å². The van der Waals surface area contributed by atoms with Gasteiger partial charge in [0.25, 0.3) is 5.91 Å². The van der Waals surface area contributed by atoms with E-state index in [0.717, 1.165) is 25.8 Å². The molecule has 3 heterocycles. The zero-order valence-corrected chi connectivity index (χ0v) is 14.8. The van der Waals surface area contributed by atoms with Crippen LogP contribution in [0.3, 0.4) is 0 Å². The van der Waals surface area contributed by atoms with Crippen LogP contribution in [0, 0.1) is 11.8 Å². The number of nitrogens with zero attached hydrogens (tertiary/aromatic N) is 2. The Kier molecular flexibility index (Phi) is 4.56. The van der Waals surface area contributed by atoms with E-state index in [1.165, 1.54) is 12.3 Å². The van der Waals surface area contributed by atoms with Crippen LogP contribution in [0.25, 0.3) is 0 Å². The molecule has 2 atom stereocenters. The lowest BCUT2D eigenvalue weighted by atomic mass is 9.81. The molecule has 2 N–H and O–H groups in total. The maximum Gasteiger partial charge on any atom is 0.254 e. The summed E-state index contributed by atoms with van der Waals surface area (Å²) >= 11 is 0. The number of nitrogens with one attached hydrogen (secondary N) is 1.